The van der Waals surface area contributed by atoms with Crippen LogP contribution >= 0.6 is 11.3 Å². The van der Waals surface area contributed by atoms with Gasteiger partial charge in [-0.1, -0.05) is 34.6 Å². The molecule has 1 N–H and O–H groups in total. The molecule has 0 saturated carbocycles. The Morgan fingerprint density at radius 3 is 2.50 bits per heavy atom. The summed E-state index contributed by atoms with van der Waals surface area (Å²) in [4.78, 5) is 4.69. The van der Waals surface area contributed by atoms with Gasteiger partial charge in [-0.15, -0.1) is 11.3 Å². The lowest BCUT2D eigenvalue weighted by molar-refractivity contribution is 0.146. The van der Waals surface area contributed by atoms with E-state index in [4.69, 9.17) is 4.74 Å². The van der Waals surface area contributed by atoms with Gasteiger partial charge in [-0.25, -0.2) is 4.98 Å². The van der Waals surface area contributed by atoms with Crippen LogP contribution in [0.4, 0.5) is 0 Å². The summed E-state index contributed by atoms with van der Waals surface area (Å²) in [5.74, 6) is 0.562. The lowest BCUT2D eigenvalue weighted by Crippen LogP contribution is -2.37. The topological polar surface area (TPSA) is 34.1 Å². The Hall–Kier alpha value is -0.450. The van der Waals surface area contributed by atoms with Crippen molar-refractivity contribution >= 4 is 11.3 Å². The molecule has 0 aliphatic rings. The molecule has 0 amide bonds. The third kappa shape index (κ3) is 4.67. The monoisotopic (exact) mass is 270 g/mol. The van der Waals surface area contributed by atoms with E-state index in [2.05, 4.69) is 50.3 Å². The second-order valence-corrected chi connectivity index (χ2v) is 7.01. The van der Waals surface area contributed by atoms with Gasteiger partial charge in [-0.05, 0) is 5.92 Å². The van der Waals surface area contributed by atoms with Crippen molar-refractivity contribution in [2.24, 2.45) is 5.92 Å². The van der Waals surface area contributed by atoms with E-state index in [1.54, 1.807) is 18.4 Å². The molecule has 1 heterocycles. The van der Waals surface area contributed by atoms with Gasteiger partial charge in [-0.2, -0.15) is 0 Å². The highest BCUT2D eigenvalue weighted by Gasteiger charge is 2.18. The predicted molar refractivity (Wildman–Crippen MR) is 78.2 cm³/mol. The predicted octanol–water partition coefficient (Wildman–Crippen LogP) is 3.20. The van der Waals surface area contributed by atoms with Crippen molar-refractivity contribution in [2.45, 2.75) is 52.6 Å². The Morgan fingerprint density at radius 2 is 2.06 bits per heavy atom. The highest BCUT2D eigenvalue weighted by molar-refractivity contribution is 7.09. The van der Waals surface area contributed by atoms with Gasteiger partial charge >= 0.3 is 0 Å². The van der Waals surface area contributed by atoms with Gasteiger partial charge in [0.05, 0.1) is 12.3 Å². The normalized spacial score (nSPS) is 14.2. The molecule has 4 heteroatoms. The van der Waals surface area contributed by atoms with E-state index in [9.17, 15) is 0 Å². The van der Waals surface area contributed by atoms with Gasteiger partial charge in [0.1, 0.15) is 5.01 Å². The fourth-order valence-electron chi connectivity index (χ4n) is 1.62. The van der Waals surface area contributed by atoms with Crippen LogP contribution in [0.1, 0.15) is 45.3 Å². The molecule has 0 bridgehead atoms. The maximum absolute atomic E-state index is 5.23. The van der Waals surface area contributed by atoms with Crippen molar-refractivity contribution < 1.29 is 4.74 Å². The molecular formula is C14H26N2OS. The molecule has 1 rings (SSSR count). The first-order chi connectivity index (χ1) is 8.34. The van der Waals surface area contributed by atoms with E-state index < -0.39 is 0 Å². The van der Waals surface area contributed by atoms with Crippen molar-refractivity contribution in [1.29, 1.82) is 0 Å². The molecule has 3 nitrogen and oxygen atoms in total. The summed E-state index contributed by atoms with van der Waals surface area (Å²) in [6.45, 7) is 12.6. The number of rotatable bonds is 6. The fraction of sp³-hybridized carbons (Fsp3) is 0.786. The highest BCUT2D eigenvalue weighted by atomic mass is 32.1. The SMILES string of the molecule is COCC(NCc1nc(C(C)(C)C)cs1)C(C)C. The van der Waals surface area contributed by atoms with Crippen molar-refractivity contribution in [1.82, 2.24) is 10.3 Å². The van der Waals surface area contributed by atoms with Crippen LogP contribution in [-0.4, -0.2) is 24.7 Å². The van der Waals surface area contributed by atoms with Crippen LogP contribution in [0.3, 0.4) is 0 Å². The highest BCUT2D eigenvalue weighted by Crippen LogP contribution is 2.23. The second-order valence-electron chi connectivity index (χ2n) is 6.06. The number of hydrogen-bond acceptors (Lipinski definition) is 4. The van der Waals surface area contributed by atoms with E-state index in [0.29, 0.717) is 12.0 Å². The van der Waals surface area contributed by atoms with Crippen molar-refractivity contribution in [3.05, 3.63) is 16.1 Å². The summed E-state index contributed by atoms with van der Waals surface area (Å²) in [6.07, 6.45) is 0. The smallest absolute Gasteiger partial charge is 0.107 e. The van der Waals surface area contributed by atoms with E-state index in [0.717, 1.165) is 18.2 Å². The molecule has 0 fully saturated rings. The number of aromatic nitrogens is 1. The molecule has 0 aromatic carbocycles. The van der Waals surface area contributed by atoms with Gasteiger partial charge in [0.15, 0.2) is 0 Å². The maximum atomic E-state index is 5.23. The standard InChI is InChI=1S/C14H26N2OS/c1-10(2)11(8-17-6)15-7-13-16-12(9-18-13)14(3,4)5/h9-11,15H,7-8H2,1-6H3. The lowest BCUT2D eigenvalue weighted by atomic mass is 9.93. The fourth-order valence-corrected chi connectivity index (χ4v) is 2.59. The average Bonchev–Trinajstić information content (AvgIpc) is 2.71. The first-order valence-electron chi connectivity index (χ1n) is 6.51. The quantitative estimate of drug-likeness (QED) is 0.862. The van der Waals surface area contributed by atoms with Crippen molar-refractivity contribution in [3.8, 4) is 0 Å². The van der Waals surface area contributed by atoms with E-state index in [1.807, 2.05) is 0 Å². The van der Waals surface area contributed by atoms with Crippen molar-refractivity contribution in [3.63, 3.8) is 0 Å². The number of methoxy groups -OCH3 is 1. The summed E-state index contributed by atoms with van der Waals surface area (Å²) in [5.41, 5.74) is 1.32. The Kier molecular flexibility index (Phi) is 5.76. The zero-order valence-electron chi connectivity index (χ0n) is 12.4. The van der Waals surface area contributed by atoms with Gasteiger partial charge in [0, 0.05) is 30.5 Å². The minimum atomic E-state index is 0.138. The van der Waals surface area contributed by atoms with Crippen molar-refractivity contribution in [2.75, 3.05) is 13.7 Å². The Labute approximate surface area is 115 Å². The zero-order valence-corrected chi connectivity index (χ0v) is 13.2. The van der Waals surface area contributed by atoms with Gasteiger partial charge in [0.25, 0.3) is 0 Å². The van der Waals surface area contributed by atoms with Gasteiger partial charge in [0.2, 0.25) is 0 Å². The molecule has 0 spiro atoms. The molecule has 1 atom stereocenters. The Bertz CT molecular complexity index is 355. The maximum Gasteiger partial charge on any atom is 0.107 e. The Morgan fingerprint density at radius 1 is 1.39 bits per heavy atom. The molecule has 0 aliphatic heterocycles. The summed E-state index contributed by atoms with van der Waals surface area (Å²) in [7, 11) is 1.75. The Balaban J connectivity index is 2.55. The molecule has 0 radical (unpaired) electrons. The molecular weight excluding hydrogens is 244 g/mol. The number of nitrogens with zero attached hydrogens (tertiary/aromatic N) is 1. The first kappa shape index (κ1) is 15.6. The minimum Gasteiger partial charge on any atom is -0.383 e. The summed E-state index contributed by atoms with van der Waals surface area (Å²) in [6, 6.07) is 0.386. The number of nitrogens with one attached hydrogen (secondary N) is 1. The average molecular weight is 270 g/mol. The van der Waals surface area contributed by atoms with Crippen LogP contribution in [-0.2, 0) is 16.7 Å². The zero-order chi connectivity index (χ0) is 13.8. The van der Waals surface area contributed by atoms with E-state index in [1.165, 1.54) is 5.69 Å². The van der Waals surface area contributed by atoms with E-state index >= 15 is 0 Å². The summed E-state index contributed by atoms with van der Waals surface area (Å²) >= 11 is 1.73. The lowest BCUT2D eigenvalue weighted by Gasteiger charge is -2.21. The van der Waals surface area contributed by atoms with Crippen LogP contribution in [0.25, 0.3) is 0 Å². The largest absolute Gasteiger partial charge is 0.383 e. The first-order valence-corrected chi connectivity index (χ1v) is 7.39. The van der Waals surface area contributed by atoms with E-state index in [-0.39, 0.29) is 5.41 Å². The number of thiazole rings is 1. The molecule has 1 aromatic rings. The van der Waals surface area contributed by atoms with Crippen LogP contribution in [0.15, 0.2) is 5.38 Å². The molecule has 0 aliphatic carbocycles. The number of hydrogen-bond donors (Lipinski definition) is 1. The van der Waals surface area contributed by atoms with Crippen LogP contribution in [0, 0.1) is 5.92 Å². The van der Waals surface area contributed by atoms with Gasteiger partial charge in [-0.3, -0.25) is 0 Å². The van der Waals surface area contributed by atoms with Gasteiger partial charge < -0.3 is 10.1 Å². The second kappa shape index (κ2) is 6.64. The third-order valence-electron chi connectivity index (χ3n) is 2.99. The van der Waals surface area contributed by atoms with Crippen LogP contribution < -0.4 is 5.32 Å². The molecule has 18 heavy (non-hydrogen) atoms. The molecule has 104 valence electrons. The third-order valence-corrected chi connectivity index (χ3v) is 3.84. The van der Waals surface area contributed by atoms with Crippen LogP contribution in [0.2, 0.25) is 0 Å². The van der Waals surface area contributed by atoms with Crippen LogP contribution in [0.5, 0.6) is 0 Å². The summed E-state index contributed by atoms with van der Waals surface area (Å²) in [5, 5.41) is 6.84. The molecule has 1 unspecified atom stereocenters. The summed E-state index contributed by atoms with van der Waals surface area (Å²) < 4.78 is 5.23. The molecule has 1 aromatic heterocycles. The molecule has 0 saturated heterocycles. The number of ether oxygens (including phenoxy) is 1. The minimum absolute atomic E-state index is 0.138.